The van der Waals surface area contributed by atoms with E-state index in [0.717, 1.165) is 5.56 Å². The van der Waals surface area contributed by atoms with Crippen LogP contribution in [0.1, 0.15) is 26.3 Å². The summed E-state index contributed by atoms with van der Waals surface area (Å²) in [5.41, 5.74) is 0.849. The highest BCUT2D eigenvalue weighted by molar-refractivity contribution is 6.32. The van der Waals surface area contributed by atoms with Crippen molar-refractivity contribution in [1.29, 1.82) is 0 Å². The van der Waals surface area contributed by atoms with Crippen molar-refractivity contribution >= 4 is 23.6 Å². The maximum absolute atomic E-state index is 11.6. The molecule has 0 aliphatic carbocycles. The zero-order chi connectivity index (χ0) is 12.8. The Kier molecular flexibility index (Phi) is 5.23. The summed E-state index contributed by atoms with van der Waals surface area (Å²) in [6, 6.07) is 7.59. The Balaban J connectivity index is 2.60. The van der Waals surface area contributed by atoms with E-state index in [4.69, 9.17) is 11.6 Å². The van der Waals surface area contributed by atoms with E-state index >= 15 is 0 Å². The van der Waals surface area contributed by atoms with Crippen molar-refractivity contribution in [3.8, 4) is 0 Å². The van der Waals surface area contributed by atoms with Gasteiger partial charge in [0.2, 0.25) is 5.91 Å². The molecule has 0 aromatic heterocycles. The average molecular weight is 252 g/mol. The van der Waals surface area contributed by atoms with Crippen LogP contribution in [0.5, 0.6) is 0 Å². The first-order chi connectivity index (χ1) is 8.00. The second-order valence-electron chi connectivity index (χ2n) is 4.40. The lowest BCUT2D eigenvalue weighted by Gasteiger charge is -2.15. The van der Waals surface area contributed by atoms with E-state index in [2.05, 4.69) is 19.2 Å². The van der Waals surface area contributed by atoms with Crippen molar-refractivity contribution in [3.63, 3.8) is 0 Å². The van der Waals surface area contributed by atoms with E-state index in [1.54, 1.807) is 12.1 Å². The number of carbonyl (C=O) groups is 1. The molecule has 1 rings (SSSR count). The normalized spacial score (nSPS) is 13.0. The lowest BCUT2D eigenvalue weighted by Crippen LogP contribution is -2.34. The summed E-state index contributed by atoms with van der Waals surface area (Å²) in [6.45, 7) is 6.14. The quantitative estimate of drug-likeness (QED) is 0.816. The topological polar surface area (TPSA) is 29.1 Å². The summed E-state index contributed by atoms with van der Waals surface area (Å²) in [5.74, 6) is 0.332. The first-order valence-electron chi connectivity index (χ1n) is 5.74. The molecule has 2 nitrogen and oxygen atoms in total. The van der Waals surface area contributed by atoms with Gasteiger partial charge in [-0.2, -0.15) is 0 Å². The second kappa shape index (κ2) is 6.45. The Labute approximate surface area is 108 Å². The molecule has 0 saturated carbocycles. The molecule has 1 aromatic carbocycles. The van der Waals surface area contributed by atoms with E-state index in [1.165, 1.54) is 6.08 Å². The minimum absolute atomic E-state index is 0.0916. The van der Waals surface area contributed by atoms with Crippen LogP contribution in [-0.2, 0) is 4.79 Å². The second-order valence-corrected chi connectivity index (χ2v) is 4.80. The zero-order valence-electron chi connectivity index (χ0n) is 10.4. The molecule has 1 atom stereocenters. The molecule has 0 radical (unpaired) electrons. The Bertz CT molecular complexity index is 412. The first-order valence-corrected chi connectivity index (χ1v) is 6.11. The molecular weight excluding hydrogens is 234 g/mol. The Morgan fingerprint density at radius 2 is 1.94 bits per heavy atom. The number of hydrogen-bond acceptors (Lipinski definition) is 1. The molecular formula is C14H18ClNO. The largest absolute Gasteiger partial charge is 0.350 e. The molecule has 1 unspecified atom stereocenters. The summed E-state index contributed by atoms with van der Waals surface area (Å²) < 4.78 is 0. The number of carbonyl (C=O) groups excluding carboxylic acids is 1. The van der Waals surface area contributed by atoms with Gasteiger partial charge in [-0.05, 0) is 30.5 Å². The summed E-state index contributed by atoms with van der Waals surface area (Å²) in [6.07, 6.45) is 3.24. The molecule has 0 fully saturated rings. The van der Waals surface area contributed by atoms with Gasteiger partial charge in [-0.1, -0.05) is 43.6 Å². The molecule has 1 N–H and O–H groups in total. The fourth-order valence-corrected chi connectivity index (χ4v) is 1.41. The summed E-state index contributed by atoms with van der Waals surface area (Å²) >= 11 is 5.98. The molecule has 0 heterocycles. The van der Waals surface area contributed by atoms with Gasteiger partial charge >= 0.3 is 0 Å². The Morgan fingerprint density at radius 3 is 2.53 bits per heavy atom. The van der Waals surface area contributed by atoms with Gasteiger partial charge in [-0.25, -0.2) is 0 Å². The molecule has 0 bridgehead atoms. The monoisotopic (exact) mass is 251 g/mol. The third kappa shape index (κ3) is 4.61. The van der Waals surface area contributed by atoms with Crippen molar-refractivity contribution in [2.75, 3.05) is 0 Å². The van der Waals surface area contributed by atoms with Crippen LogP contribution in [0.4, 0.5) is 0 Å². The third-order valence-electron chi connectivity index (χ3n) is 2.69. The van der Waals surface area contributed by atoms with Crippen LogP contribution in [0.2, 0.25) is 5.02 Å². The van der Waals surface area contributed by atoms with Gasteiger partial charge in [-0.3, -0.25) is 4.79 Å². The highest BCUT2D eigenvalue weighted by Gasteiger charge is 2.08. The predicted molar refractivity (Wildman–Crippen MR) is 72.9 cm³/mol. The maximum Gasteiger partial charge on any atom is 0.244 e. The number of benzene rings is 1. The first kappa shape index (κ1) is 13.8. The van der Waals surface area contributed by atoms with Crippen molar-refractivity contribution in [1.82, 2.24) is 5.32 Å². The highest BCUT2D eigenvalue weighted by atomic mass is 35.5. The van der Waals surface area contributed by atoms with Gasteiger partial charge in [0.05, 0.1) is 0 Å². The fourth-order valence-electron chi connectivity index (χ4n) is 1.21. The van der Waals surface area contributed by atoms with Crippen molar-refractivity contribution in [2.24, 2.45) is 5.92 Å². The van der Waals surface area contributed by atoms with E-state index in [0.29, 0.717) is 10.9 Å². The molecule has 0 spiro atoms. The molecule has 92 valence electrons. The maximum atomic E-state index is 11.6. The molecule has 0 saturated heterocycles. The zero-order valence-corrected chi connectivity index (χ0v) is 11.2. The lowest BCUT2D eigenvalue weighted by atomic mass is 10.1. The van der Waals surface area contributed by atoms with Gasteiger partial charge in [-0.15, -0.1) is 0 Å². The molecule has 1 aromatic rings. The van der Waals surface area contributed by atoms with Gasteiger partial charge in [0.1, 0.15) is 0 Å². The lowest BCUT2D eigenvalue weighted by molar-refractivity contribution is -0.117. The molecule has 3 heteroatoms. The standard InChI is InChI=1S/C14H18ClNO/c1-10(2)11(3)16-14(17)9-8-12-6-4-5-7-13(12)15/h4-11H,1-3H3,(H,16,17)/b9-8+. The molecule has 0 aliphatic rings. The van der Waals surface area contributed by atoms with Gasteiger partial charge in [0.25, 0.3) is 0 Å². The van der Waals surface area contributed by atoms with Crippen LogP contribution in [-0.4, -0.2) is 11.9 Å². The van der Waals surface area contributed by atoms with Gasteiger partial charge < -0.3 is 5.32 Å². The van der Waals surface area contributed by atoms with Crippen LogP contribution < -0.4 is 5.32 Å². The Hall–Kier alpha value is -1.28. The number of halogens is 1. The summed E-state index contributed by atoms with van der Waals surface area (Å²) in [5, 5.41) is 3.55. The highest BCUT2D eigenvalue weighted by Crippen LogP contribution is 2.16. The molecule has 1 amide bonds. The van der Waals surface area contributed by atoms with E-state index in [9.17, 15) is 4.79 Å². The van der Waals surface area contributed by atoms with Crippen molar-refractivity contribution in [3.05, 3.63) is 40.9 Å². The van der Waals surface area contributed by atoms with E-state index in [1.807, 2.05) is 25.1 Å². The van der Waals surface area contributed by atoms with E-state index in [-0.39, 0.29) is 11.9 Å². The van der Waals surface area contributed by atoms with Crippen molar-refractivity contribution in [2.45, 2.75) is 26.8 Å². The van der Waals surface area contributed by atoms with Crippen molar-refractivity contribution < 1.29 is 4.79 Å². The molecule has 17 heavy (non-hydrogen) atoms. The minimum Gasteiger partial charge on any atom is -0.350 e. The smallest absolute Gasteiger partial charge is 0.244 e. The van der Waals surface area contributed by atoms with Crippen LogP contribution in [0.3, 0.4) is 0 Å². The Morgan fingerprint density at radius 1 is 1.29 bits per heavy atom. The van der Waals surface area contributed by atoms with Crippen LogP contribution >= 0.6 is 11.6 Å². The van der Waals surface area contributed by atoms with Crippen LogP contribution in [0, 0.1) is 5.92 Å². The number of nitrogens with one attached hydrogen (secondary N) is 1. The number of rotatable bonds is 4. The van der Waals surface area contributed by atoms with Gasteiger partial charge in [0, 0.05) is 17.1 Å². The van der Waals surface area contributed by atoms with Crippen LogP contribution in [0.25, 0.3) is 6.08 Å². The third-order valence-corrected chi connectivity index (χ3v) is 3.03. The molecule has 0 aliphatic heterocycles. The van der Waals surface area contributed by atoms with Crippen LogP contribution in [0.15, 0.2) is 30.3 Å². The minimum atomic E-state index is -0.0916. The predicted octanol–water partition coefficient (Wildman–Crippen LogP) is 3.51. The SMILES string of the molecule is CC(C)C(C)NC(=O)/C=C/c1ccccc1Cl. The summed E-state index contributed by atoms with van der Waals surface area (Å²) in [7, 11) is 0. The number of amides is 1. The van der Waals surface area contributed by atoms with E-state index < -0.39 is 0 Å². The number of hydrogen-bond donors (Lipinski definition) is 1. The average Bonchev–Trinajstić information content (AvgIpc) is 2.27. The summed E-state index contributed by atoms with van der Waals surface area (Å²) in [4.78, 5) is 11.6. The van der Waals surface area contributed by atoms with Gasteiger partial charge in [0.15, 0.2) is 0 Å². The fraction of sp³-hybridized carbons (Fsp3) is 0.357.